The van der Waals surface area contributed by atoms with Gasteiger partial charge in [0.2, 0.25) is 17.7 Å². The van der Waals surface area contributed by atoms with Crippen LogP contribution >= 0.6 is 0 Å². The zero-order chi connectivity index (χ0) is 35.3. The van der Waals surface area contributed by atoms with Gasteiger partial charge in [-0.15, -0.1) is 13.2 Å². The number of carbonyl (C=O) groups is 3. The maximum Gasteiger partial charge on any atom is 0.248 e. The molecule has 3 aliphatic heterocycles. The molecule has 49 heavy (non-hydrogen) atoms. The second-order valence-electron chi connectivity index (χ2n) is 13.9. The number of hydrogen-bond acceptors (Lipinski definition) is 6. The Morgan fingerprint density at radius 3 is 2.37 bits per heavy atom. The fourth-order valence-corrected chi connectivity index (χ4v) is 8.54. The van der Waals surface area contributed by atoms with Crippen LogP contribution in [0.3, 0.4) is 0 Å². The topological polar surface area (TPSA) is 99.6 Å². The van der Waals surface area contributed by atoms with Gasteiger partial charge in [0.25, 0.3) is 0 Å². The molecule has 5 rings (SSSR count). The van der Waals surface area contributed by atoms with Crippen LogP contribution in [0.5, 0.6) is 5.75 Å². The van der Waals surface area contributed by atoms with Gasteiger partial charge < -0.3 is 29.3 Å². The van der Waals surface area contributed by atoms with Crippen molar-refractivity contribution in [3.8, 4) is 5.75 Å². The lowest BCUT2D eigenvalue weighted by Gasteiger charge is -2.39. The molecule has 1 spiro atoms. The van der Waals surface area contributed by atoms with Crippen LogP contribution in [0.25, 0.3) is 0 Å². The van der Waals surface area contributed by atoms with E-state index in [4.69, 9.17) is 9.47 Å². The zero-order valence-electron chi connectivity index (χ0n) is 29.6. The molecular formula is C40H53N3O6. The summed E-state index contributed by atoms with van der Waals surface area (Å²) in [4.78, 5) is 49.9. The van der Waals surface area contributed by atoms with E-state index in [1.807, 2.05) is 75.4 Å². The Morgan fingerprint density at radius 2 is 1.76 bits per heavy atom. The summed E-state index contributed by atoms with van der Waals surface area (Å²) >= 11 is 0. The smallest absolute Gasteiger partial charge is 0.248 e. The van der Waals surface area contributed by atoms with Gasteiger partial charge in [-0.2, -0.15) is 0 Å². The average Bonchev–Trinajstić information content (AvgIpc) is 3.62. The molecular weight excluding hydrogens is 618 g/mol. The molecule has 3 fully saturated rings. The van der Waals surface area contributed by atoms with E-state index in [0.29, 0.717) is 44.0 Å². The number of carbonyl (C=O) groups excluding carboxylic acids is 3. The number of nitrogens with zero attached hydrogens (tertiary/aromatic N) is 3. The van der Waals surface area contributed by atoms with E-state index >= 15 is 4.79 Å². The largest absolute Gasteiger partial charge is 0.494 e. The van der Waals surface area contributed by atoms with Crippen molar-refractivity contribution in [1.82, 2.24) is 9.80 Å². The predicted molar refractivity (Wildman–Crippen MR) is 191 cm³/mol. The number of fused-ring (bicyclic) bond motifs is 1. The molecule has 9 heteroatoms. The number of hydrogen-bond donors (Lipinski definition) is 1. The van der Waals surface area contributed by atoms with Crippen LogP contribution in [-0.2, 0) is 25.5 Å². The molecule has 9 nitrogen and oxygen atoms in total. The fourth-order valence-electron chi connectivity index (χ4n) is 8.54. The normalized spacial score (nSPS) is 27.4. The van der Waals surface area contributed by atoms with Crippen LogP contribution in [-0.4, -0.2) is 88.8 Å². The number of aliphatic hydroxyl groups is 1. The Hall–Kier alpha value is -3.95. The van der Waals surface area contributed by atoms with Gasteiger partial charge in [-0.1, -0.05) is 69.2 Å². The second-order valence-corrected chi connectivity index (χ2v) is 13.9. The van der Waals surface area contributed by atoms with Crippen molar-refractivity contribution in [2.45, 2.75) is 83.1 Å². The van der Waals surface area contributed by atoms with Crippen molar-refractivity contribution in [2.75, 3.05) is 37.7 Å². The molecule has 0 aliphatic carbocycles. The Bertz CT molecular complexity index is 1500. The summed E-state index contributed by atoms with van der Waals surface area (Å²) in [7, 11) is 0. The number of ether oxygens (including phenoxy) is 2. The lowest BCUT2D eigenvalue weighted by Crippen LogP contribution is -2.59. The van der Waals surface area contributed by atoms with E-state index in [1.165, 1.54) is 0 Å². The van der Waals surface area contributed by atoms with Crippen molar-refractivity contribution in [1.29, 1.82) is 0 Å². The second kappa shape index (κ2) is 15.3. The van der Waals surface area contributed by atoms with Crippen molar-refractivity contribution in [2.24, 2.45) is 17.8 Å². The summed E-state index contributed by atoms with van der Waals surface area (Å²) < 4.78 is 12.7. The summed E-state index contributed by atoms with van der Waals surface area (Å²) in [5.74, 6) is -1.99. The van der Waals surface area contributed by atoms with Gasteiger partial charge in [0, 0.05) is 25.3 Å². The molecule has 2 aromatic carbocycles. The van der Waals surface area contributed by atoms with Crippen LogP contribution < -0.4 is 9.64 Å². The molecule has 0 radical (unpaired) electrons. The Morgan fingerprint density at radius 1 is 1.06 bits per heavy atom. The predicted octanol–water partition coefficient (Wildman–Crippen LogP) is 5.42. The van der Waals surface area contributed by atoms with E-state index in [9.17, 15) is 14.7 Å². The first-order valence-corrected chi connectivity index (χ1v) is 17.8. The third-order valence-electron chi connectivity index (χ3n) is 10.9. The quantitative estimate of drug-likeness (QED) is 0.178. The van der Waals surface area contributed by atoms with Gasteiger partial charge in [-0.3, -0.25) is 14.4 Å². The molecule has 3 unspecified atom stereocenters. The molecule has 1 N–H and O–H groups in total. The highest BCUT2D eigenvalue weighted by atomic mass is 16.5. The van der Waals surface area contributed by atoms with E-state index < -0.39 is 35.1 Å². The number of likely N-dealkylation sites (tertiary alicyclic amines) is 1. The molecule has 0 saturated carbocycles. The standard InChI is InChI=1S/C40H53N3O6/c1-7-11-15-24-41(22-8-2)38(47)35-40-26-28(5)39(6,49-40)33(36(45)42(23-9-3)30-18-20-32(21-19-30)48-10-4)34(40)37(46)43(35)31(27-44)25-29-16-13-12-14-17-29/h8-9,12-14,16-21,28,31,33-35,44H,2-3,7,10-11,15,22-27H2,1,4-6H3/t28?,31-,33-,34+,35?,39+,40?/m1/s1. The molecule has 7 atom stereocenters. The number of anilines is 1. The molecule has 3 aliphatic rings. The van der Waals surface area contributed by atoms with Crippen LogP contribution in [0, 0.1) is 17.8 Å². The van der Waals surface area contributed by atoms with Gasteiger partial charge in [-0.25, -0.2) is 0 Å². The maximum atomic E-state index is 15.1. The van der Waals surface area contributed by atoms with E-state index in [-0.39, 0.29) is 36.8 Å². The number of benzene rings is 2. The zero-order valence-corrected chi connectivity index (χ0v) is 29.6. The minimum atomic E-state index is -1.24. The lowest BCUT2D eigenvalue weighted by molar-refractivity contribution is -0.155. The first-order chi connectivity index (χ1) is 23.6. The van der Waals surface area contributed by atoms with Gasteiger partial charge in [0.05, 0.1) is 36.7 Å². The molecule has 2 bridgehead atoms. The Labute approximate surface area is 291 Å². The highest BCUT2D eigenvalue weighted by molar-refractivity contribution is 6.03. The first kappa shape index (κ1) is 36.3. The first-order valence-electron chi connectivity index (χ1n) is 17.8. The number of rotatable bonds is 17. The SMILES string of the molecule is C=CCN(CCCCC)C(=O)C1N([C@@H](CO)Cc2ccccc2)C(=O)[C@@H]2[C@H](C(=O)N(CC=C)c3ccc(OCC)cc3)[C@@]3(C)OC12CC3C. The molecule has 264 valence electrons. The van der Waals surface area contributed by atoms with Gasteiger partial charge in [0.15, 0.2) is 0 Å². The van der Waals surface area contributed by atoms with Crippen LogP contribution in [0.2, 0.25) is 0 Å². The maximum absolute atomic E-state index is 15.1. The Balaban J connectivity index is 1.61. The van der Waals surface area contributed by atoms with Crippen molar-refractivity contribution >= 4 is 23.4 Å². The van der Waals surface area contributed by atoms with Crippen molar-refractivity contribution in [3.63, 3.8) is 0 Å². The lowest BCUT2D eigenvalue weighted by atomic mass is 9.62. The Kier molecular flexibility index (Phi) is 11.3. The number of aliphatic hydroxyl groups excluding tert-OH is 1. The van der Waals surface area contributed by atoms with E-state index in [2.05, 4.69) is 20.1 Å². The summed E-state index contributed by atoms with van der Waals surface area (Å²) in [6.07, 6.45) is 6.95. The minimum absolute atomic E-state index is 0.124. The minimum Gasteiger partial charge on any atom is -0.494 e. The third kappa shape index (κ3) is 6.55. The third-order valence-corrected chi connectivity index (χ3v) is 10.9. The summed E-state index contributed by atoms with van der Waals surface area (Å²) in [6, 6.07) is 15.3. The van der Waals surface area contributed by atoms with E-state index in [0.717, 1.165) is 24.8 Å². The van der Waals surface area contributed by atoms with Gasteiger partial charge in [0.1, 0.15) is 17.4 Å². The average molecular weight is 672 g/mol. The van der Waals surface area contributed by atoms with Crippen LogP contribution in [0.1, 0.15) is 58.9 Å². The number of amides is 3. The van der Waals surface area contributed by atoms with Crippen LogP contribution in [0.15, 0.2) is 79.9 Å². The summed E-state index contributed by atoms with van der Waals surface area (Å²) in [6.45, 7) is 17.1. The summed E-state index contributed by atoms with van der Waals surface area (Å²) in [5.41, 5.74) is -0.643. The summed E-state index contributed by atoms with van der Waals surface area (Å²) in [5, 5.41) is 10.9. The van der Waals surface area contributed by atoms with Crippen LogP contribution in [0.4, 0.5) is 5.69 Å². The van der Waals surface area contributed by atoms with Crippen molar-refractivity contribution in [3.05, 3.63) is 85.5 Å². The molecule has 2 aromatic rings. The van der Waals surface area contributed by atoms with Crippen molar-refractivity contribution < 1.29 is 29.0 Å². The van der Waals surface area contributed by atoms with Gasteiger partial charge >= 0.3 is 0 Å². The number of unbranched alkanes of at least 4 members (excludes halogenated alkanes) is 2. The highest BCUT2D eigenvalue weighted by Gasteiger charge is 2.80. The highest BCUT2D eigenvalue weighted by Crippen LogP contribution is 2.66. The molecule has 3 heterocycles. The molecule has 3 saturated heterocycles. The molecule has 3 amide bonds. The van der Waals surface area contributed by atoms with E-state index in [1.54, 1.807) is 26.9 Å². The molecule has 0 aromatic heterocycles. The fraction of sp³-hybridized carbons (Fsp3) is 0.525. The van der Waals surface area contributed by atoms with Gasteiger partial charge in [-0.05, 0) is 68.9 Å². The monoisotopic (exact) mass is 671 g/mol.